The molecule has 194 valence electrons. The fourth-order valence-corrected chi connectivity index (χ4v) is 5.34. The van der Waals surface area contributed by atoms with Crippen molar-refractivity contribution in [1.29, 1.82) is 0 Å². The minimum Gasteiger partial charge on any atom is -0.458 e. The van der Waals surface area contributed by atoms with E-state index >= 15 is 0 Å². The first-order valence-corrected chi connectivity index (χ1v) is 12.4. The molecule has 2 aliphatic heterocycles. The molecular weight excluding hydrogens is 479 g/mol. The van der Waals surface area contributed by atoms with Gasteiger partial charge in [-0.15, -0.1) is 0 Å². The number of pyridine rings is 2. The van der Waals surface area contributed by atoms with E-state index in [1.165, 1.54) is 6.07 Å². The van der Waals surface area contributed by atoms with Gasteiger partial charge in [-0.1, -0.05) is 6.92 Å². The number of nitrogens with zero attached hydrogens (tertiary/aromatic N) is 2. The van der Waals surface area contributed by atoms with Crippen LogP contribution in [0.15, 0.2) is 23.0 Å². The SMILES string of the molecule is CC[C@@]1(O)C(=O)OCc2c1cc1n(c2=O)Cc2c-1nc1cc(F)c(C)cc1c2CC[C@H](C)NC(=O)CN. The zero-order chi connectivity index (χ0) is 26.6. The molecule has 0 bridgehead atoms. The highest BCUT2D eigenvalue weighted by Gasteiger charge is 2.45. The Morgan fingerprint density at radius 1 is 1.32 bits per heavy atom. The zero-order valence-electron chi connectivity index (χ0n) is 21.0. The highest BCUT2D eigenvalue weighted by Crippen LogP contribution is 2.40. The molecule has 0 unspecified atom stereocenters. The molecule has 5 rings (SSSR count). The highest BCUT2D eigenvalue weighted by molar-refractivity contribution is 5.89. The summed E-state index contributed by atoms with van der Waals surface area (Å²) in [6.07, 6.45) is 1.18. The molecule has 3 aromatic rings. The smallest absolute Gasteiger partial charge is 0.343 e. The number of hydrogen-bond donors (Lipinski definition) is 3. The summed E-state index contributed by atoms with van der Waals surface area (Å²) in [6, 6.07) is 4.63. The quantitative estimate of drug-likeness (QED) is 0.339. The number of cyclic esters (lactones) is 1. The number of esters is 1. The number of nitrogens with two attached hydrogens (primary N) is 1. The standard InChI is InChI=1S/C27H29FN4O5/c1-4-27(36)19-8-22-24-17(11-32(22)25(34)18(19)12-37-26(27)35)15(6-5-14(3)30-23(33)10-29)16-7-13(2)20(28)9-21(16)31-24/h7-9,14,36H,4-6,10-12,29H2,1-3H3,(H,30,33)/t14-,27-/m0/s1. The van der Waals surface area contributed by atoms with Crippen LogP contribution in [-0.4, -0.2) is 39.1 Å². The molecular formula is C27H29FN4O5. The first kappa shape index (κ1) is 25.0. The Kier molecular flexibility index (Phi) is 6.12. The predicted octanol–water partition coefficient (Wildman–Crippen LogP) is 1.92. The molecule has 10 heteroatoms. The Hall–Kier alpha value is -3.63. The van der Waals surface area contributed by atoms with Crippen LogP contribution in [0.25, 0.3) is 22.3 Å². The van der Waals surface area contributed by atoms with Gasteiger partial charge in [-0.25, -0.2) is 14.2 Å². The van der Waals surface area contributed by atoms with E-state index in [1.807, 2.05) is 6.92 Å². The summed E-state index contributed by atoms with van der Waals surface area (Å²) in [6.45, 7) is 5.15. The predicted molar refractivity (Wildman–Crippen MR) is 134 cm³/mol. The van der Waals surface area contributed by atoms with Crippen LogP contribution in [0.2, 0.25) is 0 Å². The molecule has 2 atom stereocenters. The molecule has 4 heterocycles. The van der Waals surface area contributed by atoms with Crippen LogP contribution in [0.3, 0.4) is 0 Å². The molecule has 0 spiro atoms. The molecule has 0 saturated heterocycles. The summed E-state index contributed by atoms with van der Waals surface area (Å²) in [5.41, 5.74) is 7.25. The number of amides is 1. The van der Waals surface area contributed by atoms with Crippen LogP contribution in [-0.2, 0) is 39.5 Å². The van der Waals surface area contributed by atoms with Crippen molar-refractivity contribution >= 4 is 22.8 Å². The number of halogens is 1. The van der Waals surface area contributed by atoms with Crippen molar-refractivity contribution in [3.8, 4) is 11.4 Å². The van der Waals surface area contributed by atoms with Gasteiger partial charge in [0.2, 0.25) is 5.91 Å². The molecule has 0 saturated carbocycles. The van der Waals surface area contributed by atoms with Gasteiger partial charge >= 0.3 is 5.97 Å². The fraction of sp³-hybridized carbons (Fsp3) is 0.407. The fourth-order valence-electron chi connectivity index (χ4n) is 5.34. The van der Waals surface area contributed by atoms with Crippen LogP contribution in [0, 0.1) is 12.7 Å². The number of rotatable bonds is 6. The lowest BCUT2D eigenvalue weighted by Crippen LogP contribution is -2.44. The molecule has 2 aromatic heterocycles. The first-order chi connectivity index (χ1) is 17.6. The molecule has 4 N–H and O–H groups in total. The third kappa shape index (κ3) is 3.91. The maximum Gasteiger partial charge on any atom is 0.343 e. The van der Waals surface area contributed by atoms with Gasteiger partial charge in [0, 0.05) is 28.6 Å². The lowest BCUT2D eigenvalue weighted by atomic mass is 9.86. The molecule has 1 amide bonds. The number of aliphatic hydroxyl groups is 1. The zero-order valence-corrected chi connectivity index (χ0v) is 21.0. The number of ether oxygens (including phenoxy) is 1. The number of carbonyl (C=O) groups is 2. The van der Waals surface area contributed by atoms with Crippen molar-refractivity contribution < 1.29 is 23.8 Å². The monoisotopic (exact) mass is 508 g/mol. The largest absolute Gasteiger partial charge is 0.458 e. The van der Waals surface area contributed by atoms with Gasteiger partial charge in [0.25, 0.3) is 5.56 Å². The van der Waals surface area contributed by atoms with E-state index in [9.17, 15) is 23.9 Å². The van der Waals surface area contributed by atoms with E-state index in [0.29, 0.717) is 35.3 Å². The van der Waals surface area contributed by atoms with Gasteiger partial charge in [-0.05, 0) is 56.4 Å². The Morgan fingerprint density at radius 3 is 2.78 bits per heavy atom. The maximum absolute atomic E-state index is 14.6. The van der Waals surface area contributed by atoms with Crippen molar-refractivity contribution in [3.63, 3.8) is 0 Å². The number of nitrogens with one attached hydrogen (secondary N) is 1. The van der Waals surface area contributed by atoms with Crippen LogP contribution < -0.4 is 16.6 Å². The van der Waals surface area contributed by atoms with Crippen molar-refractivity contribution in [2.45, 2.75) is 64.8 Å². The van der Waals surface area contributed by atoms with E-state index < -0.39 is 17.4 Å². The second-order valence-corrected chi connectivity index (χ2v) is 9.85. The van der Waals surface area contributed by atoms with Crippen molar-refractivity contribution in [2.24, 2.45) is 5.73 Å². The van der Waals surface area contributed by atoms with Gasteiger partial charge in [0.15, 0.2) is 5.60 Å². The van der Waals surface area contributed by atoms with Crippen LogP contribution >= 0.6 is 0 Å². The van der Waals surface area contributed by atoms with E-state index in [0.717, 1.165) is 16.5 Å². The molecule has 1 aromatic carbocycles. The van der Waals surface area contributed by atoms with Gasteiger partial charge < -0.3 is 25.5 Å². The van der Waals surface area contributed by atoms with Crippen LogP contribution in [0.4, 0.5) is 4.39 Å². The summed E-state index contributed by atoms with van der Waals surface area (Å²) in [5, 5.41) is 14.7. The lowest BCUT2D eigenvalue weighted by molar-refractivity contribution is -0.172. The minimum absolute atomic E-state index is 0.0435. The molecule has 0 fully saturated rings. The Labute approximate surface area is 212 Å². The minimum atomic E-state index is -1.93. The van der Waals surface area contributed by atoms with Crippen molar-refractivity contribution in [3.05, 3.63) is 62.2 Å². The van der Waals surface area contributed by atoms with Crippen molar-refractivity contribution in [2.75, 3.05) is 6.54 Å². The third-order valence-electron chi connectivity index (χ3n) is 7.51. The van der Waals surface area contributed by atoms with E-state index in [2.05, 4.69) is 5.32 Å². The van der Waals surface area contributed by atoms with Crippen LogP contribution in [0.1, 0.15) is 54.5 Å². The van der Waals surface area contributed by atoms with E-state index in [4.69, 9.17) is 15.5 Å². The lowest BCUT2D eigenvalue weighted by Gasteiger charge is -2.31. The van der Waals surface area contributed by atoms with Crippen LogP contribution in [0.5, 0.6) is 0 Å². The second-order valence-electron chi connectivity index (χ2n) is 9.85. The topological polar surface area (TPSA) is 137 Å². The van der Waals surface area contributed by atoms with Gasteiger partial charge in [-0.3, -0.25) is 9.59 Å². The number of fused-ring (bicyclic) bond motifs is 5. The number of hydrogen-bond acceptors (Lipinski definition) is 7. The average molecular weight is 509 g/mol. The molecule has 0 aliphatic carbocycles. The number of carbonyl (C=O) groups excluding carboxylic acids is 2. The molecule has 2 aliphatic rings. The third-order valence-corrected chi connectivity index (χ3v) is 7.51. The molecule has 9 nitrogen and oxygen atoms in total. The number of benzene rings is 1. The first-order valence-electron chi connectivity index (χ1n) is 12.4. The van der Waals surface area contributed by atoms with Crippen molar-refractivity contribution in [1.82, 2.24) is 14.9 Å². The van der Waals surface area contributed by atoms with Gasteiger partial charge in [-0.2, -0.15) is 0 Å². The normalized spacial score (nSPS) is 18.7. The number of aromatic nitrogens is 2. The molecule has 37 heavy (non-hydrogen) atoms. The van der Waals surface area contributed by atoms with E-state index in [1.54, 1.807) is 30.5 Å². The Morgan fingerprint density at radius 2 is 2.08 bits per heavy atom. The average Bonchev–Trinajstić information content (AvgIpc) is 3.24. The highest BCUT2D eigenvalue weighted by atomic mass is 19.1. The second kappa shape index (κ2) is 9.04. The maximum atomic E-state index is 14.6. The molecule has 0 radical (unpaired) electrons. The van der Waals surface area contributed by atoms with E-state index in [-0.39, 0.29) is 54.8 Å². The van der Waals surface area contributed by atoms with Gasteiger partial charge in [0.05, 0.1) is 35.6 Å². The Bertz CT molecular complexity index is 1530. The summed E-state index contributed by atoms with van der Waals surface area (Å²) >= 11 is 0. The summed E-state index contributed by atoms with van der Waals surface area (Å²) in [7, 11) is 0. The summed E-state index contributed by atoms with van der Waals surface area (Å²) < 4.78 is 21.3. The Balaban J connectivity index is 1.69. The van der Waals surface area contributed by atoms with Gasteiger partial charge in [0.1, 0.15) is 12.4 Å². The summed E-state index contributed by atoms with van der Waals surface area (Å²) in [5.74, 6) is -1.43. The summed E-state index contributed by atoms with van der Waals surface area (Å²) in [4.78, 5) is 42.5. The number of aryl methyl sites for hydroxylation is 2.